The fraction of sp³-hybridized carbons (Fsp3) is 0.455. The molecule has 1 aromatic carbocycles. The Morgan fingerprint density at radius 1 is 1.28 bits per heavy atom. The zero-order valence-corrected chi connectivity index (χ0v) is 12.6. The summed E-state index contributed by atoms with van der Waals surface area (Å²) in [5.41, 5.74) is 0. The predicted molar refractivity (Wildman–Crippen MR) is 70.6 cm³/mol. The topological polar surface area (TPSA) is 61.8 Å². The van der Waals surface area contributed by atoms with E-state index in [4.69, 9.17) is 14.2 Å². The second kappa shape index (κ2) is 7.08. The molecule has 0 bridgehead atoms. The van der Waals surface area contributed by atoms with Gasteiger partial charge in [0, 0.05) is 13.4 Å². The van der Waals surface area contributed by atoms with Crippen molar-refractivity contribution in [1.29, 1.82) is 0 Å². The first-order valence-corrected chi connectivity index (χ1v) is 7.82. The van der Waals surface area contributed by atoms with E-state index in [2.05, 4.69) is 15.9 Å². The Morgan fingerprint density at radius 2 is 2.00 bits per heavy atom. The molecule has 1 rings (SSSR count). The van der Waals surface area contributed by atoms with Crippen LogP contribution in [0.3, 0.4) is 0 Å². The smallest absolute Gasteiger partial charge is 0.189 e. The van der Waals surface area contributed by atoms with Gasteiger partial charge in [-0.2, -0.15) is 0 Å². The Labute approximate surface area is 115 Å². The summed E-state index contributed by atoms with van der Waals surface area (Å²) < 4.78 is 38.5. The number of hydrogen-bond acceptors (Lipinski definition) is 5. The Bertz CT molecular complexity index is 486. The summed E-state index contributed by atoms with van der Waals surface area (Å²) in [6.07, 6.45) is 1.16. The third-order valence-electron chi connectivity index (χ3n) is 2.06. The van der Waals surface area contributed by atoms with Crippen LogP contribution in [0.25, 0.3) is 0 Å². The highest BCUT2D eigenvalue weighted by atomic mass is 79.9. The van der Waals surface area contributed by atoms with Crippen molar-refractivity contribution in [1.82, 2.24) is 0 Å². The van der Waals surface area contributed by atoms with Crippen molar-refractivity contribution < 1.29 is 22.6 Å². The van der Waals surface area contributed by atoms with E-state index in [0.717, 1.165) is 6.26 Å². The summed E-state index contributed by atoms with van der Waals surface area (Å²) in [5.74, 6) is 0.528. The van der Waals surface area contributed by atoms with Crippen LogP contribution in [0.2, 0.25) is 0 Å². The molecule has 0 heterocycles. The zero-order valence-electron chi connectivity index (χ0n) is 10.2. The molecule has 0 aromatic heterocycles. The number of halogens is 1. The lowest BCUT2D eigenvalue weighted by molar-refractivity contribution is -0.00881. The normalized spacial score (nSPS) is 11.5. The minimum atomic E-state index is -3.21. The number of methoxy groups -OCH3 is 1. The van der Waals surface area contributed by atoms with E-state index >= 15 is 0 Å². The average Bonchev–Trinajstić information content (AvgIpc) is 2.29. The Hall–Kier alpha value is -0.630. The van der Waals surface area contributed by atoms with Crippen molar-refractivity contribution in [3.63, 3.8) is 0 Å². The lowest BCUT2D eigenvalue weighted by Gasteiger charge is -2.09. The van der Waals surface area contributed by atoms with Gasteiger partial charge in [0.25, 0.3) is 0 Å². The molecule has 0 N–H and O–H groups in total. The molecule has 1 aromatic rings. The second-order valence-electron chi connectivity index (χ2n) is 3.53. The van der Waals surface area contributed by atoms with E-state index in [-0.39, 0.29) is 11.7 Å². The SMILES string of the molecule is COCCOCOc1ccc(S(C)(=O)=O)cc1Br. The average molecular weight is 339 g/mol. The van der Waals surface area contributed by atoms with Crippen LogP contribution >= 0.6 is 15.9 Å². The molecule has 0 unspecified atom stereocenters. The quantitative estimate of drug-likeness (QED) is 0.560. The van der Waals surface area contributed by atoms with Crippen LogP contribution in [0.5, 0.6) is 5.75 Å². The van der Waals surface area contributed by atoms with Gasteiger partial charge >= 0.3 is 0 Å². The summed E-state index contributed by atoms with van der Waals surface area (Å²) in [6, 6.07) is 4.57. The van der Waals surface area contributed by atoms with Gasteiger partial charge in [-0.15, -0.1) is 0 Å². The molecular formula is C11H15BrO5S. The molecule has 0 atom stereocenters. The number of sulfone groups is 1. The number of hydrogen-bond donors (Lipinski definition) is 0. The molecule has 0 aliphatic carbocycles. The maximum atomic E-state index is 11.3. The molecule has 0 saturated heterocycles. The van der Waals surface area contributed by atoms with Crippen molar-refractivity contribution in [3.8, 4) is 5.75 Å². The molecular weight excluding hydrogens is 324 g/mol. The van der Waals surface area contributed by atoms with Gasteiger partial charge in [0.2, 0.25) is 0 Å². The minimum absolute atomic E-state index is 0.0835. The highest BCUT2D eigenvalue weighted by molar-refractivity contribution is 9.10. The molecule has 7 heteroatoms. The zero-order chi connectivity index (χ0) is 13.6. The van der Waals surface area contributed by atoms with E-state index in [9.17, 15) is 8.42 Å². The lowest BCUT2D eigenvalue weighted by atomic mass is 10.3. The van der Waals surface area contributed by atoms with E-state index in [1.54, 1.807) is 13.2 Å². The van der Waals surface area contributed by atoms with Gasteiger partial charge in [-0.05, 0) is 34.1 Å². The van der Waals surface area contributed by atoms with Gasteiger partial charge < -0.3 is 14.2 Å². The van der Waals surface area contributed by atoms with Gasteiger partial charge in [-0.25, -0.2) is 8.42 Å². The number of ether oxygens (including phenoxy) is 3. The molecule has 0 fully saturated rings. The van der Waals surface area contributed by atoms with Gasteiger partial charge in [0.1, 0.15) is 5.75 Å². The first-order chi connectivity index (χ1) is 8.45. The molecule has 0 saturated carbocycles. The first kappa shape index (κ1) is 15.4. The molecule has 0 aliphatic rings. The van der Waals surface area contributed by atoms with E-state index in [1.165, 1.54) is 12.1 Å². The largest absolute Gasteiger partial charge is 0.466 e. The monoisotopic (exact) mass is 338 g/mol. The van der Waals surface area contributed by atoms with Crippen LogP contribution < -0.4 is 4.74 Å². The van der Waals surface area contributed by atoms with Crippen LogP contribution in [0.15, 0.2) is 27.6 Å². The van der Waals surface area contributed by atoms with Crippen LogP contribution in [0, 0.1) is 0 Å². The Kier molecular flexibility index (Phi) is 6.07. The van der Waals surface area contributed by atoms with Crippen molar-refractivity contribution in [3.05, 3.63) is 22.7 Å². The standard InChI is InChI=1S/C11H15BrO5S/c1-15-5-6-16-8-17-11-4-3-9(7-10(11)12)18(2,13)14/h3-4,7H,5-6,8H2,1-2H3. The van der Waals surface area contributed by atoms with Crippen LogP contribution in [-0.2, 0) is 19.3 Å². The van der Waals surface area contributed by atoms with E-state index in [0.29, 0.717) is 23.4 Å². The van der Waals surface area contributed by atoms with Gasteiger partial charge in [0.05, 0.1) is 22.6 Å². The fourth-order valence-electron chi connectivity index (χ4n) is 1.14. The van der Waals surface area contributed by atoms with Crippen molar-refractivity contribution in [2.45, 2.75) is 4.90 Å². The maximum absolute atomic E-state index is 11.3. The maximum Gasteiger partial charge on any atom is 0.189 e. The highest BCUT2D eigenvalue weighted by Gasteiger charge is 2.10. The molecule has 0 aliphatic heterocycles. The van der Waals surface area contributed by atoms with Crippen molar-refractivity contribution in [2.75, 3.05) is 33.4 Å². The summed E-state index contributed by atoms with van der Waals surface area (Å²) >= 11 is 3.25. The number of benzene rings is 1. The Morgan fingerprint density at radius 3 is 2.56 bits per heavy atom. The molecule has 18 heavy (non-hydrogen) atoms. The van der Waals surface area contributed by atoms with Crippen LogP contribution in [0.1, 0.15) is 0 Å². The van der Waals surface area contributed by atoms with Gasteiger partial charge in [-0.3, -0.25) is 0 Å². The minimum Gasteiger partial charge on any atom is -0.466 e. The van der Waals surface area contributed by atoms with Gasteiger partial charge in [0.15, 0.2) is 16.6 Å². The molecule has 5 nitrogen and oxygen atoms in total. The van der Waals surface area contributed by atoms with E-state index < -0.39 is 9.84 Å². The molecule has 102 valence electrons. The fourth-order valence-corrected chi connectivity index (χ4v) is 2.43. The third kappa shape index (κ3) is 4.93. The molecule has 0 spiro atoms. The highest BCUT2D eigenvalue weighted by Crippen LogP contribution is 2.27. The molecule has 0 amide bonds. The van der Waals surface area contributed by atoms with E-state index in [1.807, 2.05) is 0 Å². The van der Waals surface area contributed by atoms with Crippen molar-refractivity contribution in [2.24, 2.45) is 0 Å². The summed E-state index contributed by atoms with van der Waals surface area (Å²) in [5, 5.41) is 0. The van der Waals surface area contributed by atoms with Crippen molar-refractivity contribution >= 4 is 25.8 Å². The number of rotatable bonds is 7. The summed E-state index contributed by atoms with van der Waals surface area (Å²) in [7, 11) is -1.62. The van der Waals surface area contributed by atoms with Gasteiger partial charge in [-0.1, -0.05) is 0 Å². The predicted octanol–water partition coefficient (Wildman–Crippen LogP) is 1.85. The third-order valence-corrected chi connectivity index (χ3v) is 3.79. The van der Waals surface area contributed by atoms with Crippen LogP contribution in [0.4, 0.5) is 0 Å². The van der Waals surface area contributed by atoms with Crippen LogP contribution in [-0.4, -0.2) is 41.8 Å². The summed E-state index contributed by atoms with van der Waals surface area (Å²) in [6.45, 7) is 1.02. The lowest BCUT2D eigenvalue weighted by Crippen LogP contribution is -2.08. The summed E-state index contributed by atoms with van der Waals surface area (Å²) in [4.78, 5) is 0.238. The first-order valence-electron chi connectivity index (χ1n) is 5.14. The Balaban J connectivity index is 2.58. The molecule has 0 radical (unpaired) electrons. The second-order valence-corrected chi connectivity index (χ2v) is 6.40.